The Morgan fingerprint density at radius 2 is 2.00 bits per heavy atom. The van der Waals surface area contributed by atoms with Crippen LogP contribution in [0.3, 0.4) is 0 Å². The fraction of sp³-hybridized carbons (Fsp3) is 0.227. The highest BCUT2D eigenvalue weighted by Crippen LogP contribution is 2.50. The monoisotopic (exact) mass is 425 g/mol. The van der Waals surface area contributed by atoms with Crippen molar-refractivity contribution in [3.63, 3.8) is 0 Å². The van der Waals surface area contributed by atoms with Gasteiger partial charge in [0.1, 0.15) is 29.0 Å². The van der Waals surface area contributed by atoms with Crippen LogP contribution < -0.4 is 14.2 Å². The number of aliphatic carboxylic acids is 1. The van der Waals surface area contributed by atoms with Gasteiger partial charge in [-0.1, -0.05) is 18.2 Å². The molecule has 9 heteroatoms. The minimum atomic E-state index is -1.14. The maximum absolute atomic E-state index is 12.0. The molecule has 2 aliphatic rings. The first-order chi connectivity index (χ1) is 15.0. The molecule has 2 aromatic rings. The van der Waals surface area contributed by atoms with Gasteiger partial charge in [-0.15, -0.1) is 0 Å². The molecule has 0 spiro atoms. The number of benzene rings is 2. The van der Waals surface area contributed by atoms with E-state index in [1.807, 2.05) is 24.3 Å². The summed E-state index contributed by atoms with van der Waals surface area (Å²) in [6.07, 6.45) is -0.908. The van der Waals surface area contributed by atoms with E-state index in [9.17, 15) is 9.59 Å². The number of rotatable bonds is 6. The van der Waals surface area contributed by atoms with Gasteiger partial charge in [0, 0.05) is 17.2 Å². The number of carbonyl (C=O) groups excluding carboxylic acids is 1. The van der Waals surface area contributed by atoms with Crippen LogP contribution in [0.2, 0.25) is 0 Å². The number of methoxy groups -OCH3 is 1. The van der Waals surface area contributed by atoms with E-state index in [0.717, 1.165) is 5.56 Å². The summed E-state index contributed by atoms with van der Waals surface area (Å²) in [4.78, 5) is 27.6. The lowest BCUT2D eigenvalue weighted by Gasteiger charge is -2.15. The highest BCUT2D eigenvalue weighted by Gasteiger charge is 2.41. The van der Waals surface area contributed by atoms with Crippen molar-refractivity contribution in [2.24, 2.45) is 4.99 Å². The zero-order chi connectivity index (χ0) is 22.0. The maximum atomic E-state index is 12.0. The molecular weight excluding hydrogens is 406 g/mol. The first kappa shape index (κ1) is 20.3. The molecule has 2 heterocycles. The molecule has 2 aromatic carbocycles. The molecule has 0 bridgehead atoms. The Bertz CT molecular complexity index is 1100. The van der Waals surface area contributed by atoms with Gasteiger partial charge >= 0.3 is 12.1 Å². The third-order valence-electron chi connectivity index (χ3n) is 4.64. The number of aliphatic imine (C=N–C) groups is 1. The summed E-state index contributed by atoms with van der Waals surface area (Å²) in [6.45, 7) is 1.22. The average molecular weight is 425 g/mol. The zero-order valence-corrected chi connectivity index (χ0v) is 16.8. The number of hydrogen-bond donors (Lipinski definition) is 1. The standard InChI is InChI=1S/C22H19NO8/c1-3-28-22(26)31-21-18(20-19(23-21)14-6-4-5-7-15(14)30-20)13-9-8-12(27-2)10-16(13)29-11-17(24)25/h4-10,19H,3,11H2,1-2H3,(H,24,25). The van der Waals surface area contributed by atoms with Crippen molar-refractivity contribution in [1.82, 2.24) is 0 Å². The number of para-hydroxylation sites is 1. The summed E-state index contributed by atoms with van der Waals surface area (Å²) in [6, 6.07) is 11.8. The zero-order valence-electron chi connectivity index (χ0n) is 16.8. The number of carboxylic acid groups (broad SMARTS) is 1. The van der Waals surface area contributed by atoms with Crippen LogP contribution in [-0.2, 0) is 14.3 Å². The van der Waals surface area contributed by atoms with Gasteiger partial charge in [-0.2, -0.15) is 0 Å². The van der Waals surface area contributed by atoms with Gasteiger partial charge in [0.2, 0.25) is 5.90 Å². The molecule has 0 aliphatic carbocycles. The van der Waals surface area contributed by atoms with Crippen LogP contribution in [0.1, 0.15) is 24.1 Å². The minimum Gasteiger partial charge on any atom is -0.497 e. The number of fused-ring (bicyclic) bond motifs is 3. The molecule has 4 rings (SSSR count). The maximum Gasteiger partial charge on any atom is 0.515 e. The number of nitrogens with zero attached hydrogens (tertiary/aromatic N) is 1. The van der Waals surface area contributed by atoms with Crippen molar-refractivity contribution in [1.29, 1.82) is 0 Å². The third kappa shape index (κ3) is 3.89. The molecule has 2 aliphatic heterocycles. The lowest BCUT2D eigenvalue weighted by Crippen LogP contribution is -2.16. The number of ether oxygens (including phenoxy) is 5. The highest BCUT2D eigenvalue weighted by atomic mass is 16.7. The van der Waals surface area contributed by atoms with Crippen molar-refractivity contribution in [3.8, 4) is 17.2 Å². The van der Waals surface area contributed by atoms with Gasteiger partial charge in [-0.3, -0.25) is 0 Å². The largest absolute Gasteiger partial charge is 0.515 e. The molecule has 0 amide bonds. The molecule has 160 valence electrons. The molecular formula is C22H19NO8. The second-order valence-corrected chi connectivity index (χ2v) is 6.55. The van der Waals surface area contributed by atoms with E-state index < -0.39 is 24.8 Å². The average Bonchev–Trinajstić information content (AvgIpc) is 3.27. The van der Waals surface area contributed by atoms with Gasteiger partial charge < -0.3 is 28.8 Å². The summed E-state index contributed by atoms with van der Waals surface area (Å²) in [5, 5.41) is 9.05. The summed E-state index contributed by atoms with van der Waals surface area (Å²) in [5.74, 6) is 0.621. The predicted octanol–water partition coefficient (Wildman–Crippen LogP) is 3.59. The van der Waals surface area contributed by atoms with Crippen molar-refractivity contribution in [2.75, 3.05) is 20.3 Å². The molecule has 1 atom stereocenters. The predicted molar refractivity (Wildman–Crippen MR) is 108 cm³/mol. The van der Waals surface area contributed by atoms with Gasteiger partial charge in [0.15, 0.2) is 6.61 Å². The fourth-order valence-corrected chi connectivity index (χ4v) is 3.36. The summed E-state index contributed by atoms with van der Waals surface area (Å²) in [7, 11) is 1.48. The number of carbonyl (C=O) groups is 2. The van der Waals surface area contributed by atoms with Crippen LogP contribution in [0.5, 0.6) is 17.2 Å². The SMILES string of the molecule is CCOC(=O)OC1=NC2C(=C1c1ccc(OC)cc1OCC(=O)O)Oc1ccccc12. The second-order valence-electron chi connectivity index (χ2n) is 6.55. The van der Waals surface area contributed by atoms with Crippen LogP contribution >= 0.6 is 0 Å². The molecule has 0 saturated carbocycles. The van der Waals surface area contributed by atoms with E-state index >= 15 is 0 Å². The quantitative estimate of drug-likeness (QED) is 0.699. The van der Waals surface area contributed by atoms with Crippen LogP contribution in [0.15, 0.2) is 53.2 Å². The van der Waals surface area contributed by atoms with Crippen LogP contribution in [0.4, 0.5) is 4.79 Å². The van der Waals surface area contributed by atoms with Crippen molar-refractivity contribution < 1.29 is 38.4 Å². The molecule has 0 saturated heterocycles. The lowest BCUT2D eigenvalue weighted by atomic mass is 10.0. The number of carboxylic acids is 1. The Kier molecular flexibility index (Phi) is 5.48. The Morgan fingerprint density at radius 1 is 1.19 bits per heavy atom. The lowest BCUT2D eigenvalue weighted by molar-refractivity contribution is -0.139. The third-order valence-corrected chi connectivity index (χ3v) is 4.64. The van der Waals surface area contributed by atoms with Crippen LogP contribution in [-0.4, -0.2) is 43.5 Å². The molecule has 1 N–H and O–H groups in total. The summed E-state index contributed by atoms with van der Waals surface area (Å²) in [5.41, 5.74) is 1.63. The Morgan fingerprint density at radius 3 is 2.74 bits per heavy atom. The Labute approximate surface area is 177 Å². The molecule has 9 nitrogen and oxygen atoms in total. The Hall–Kier alpha value is -4.01. The van der Waals surface area contributed by atoms with E-state index in [4.69, 9.17) is 28.8 Å². The molecule has 31 heavy (non-hydrogen) atoms. The topological polar surface area (TPSA) is 113 Å². The molecule has 0 fully saturated rings. The van der Waals surface area contributed by atoms with Crippen LogP contribution in [0.25, 0.3) is 5.57 Å². The first-order valence-electron chi connectivity index (χ1n) is 9.48. The molecule has 1 unspecified atom stereocenters. The van der Waals surface area contributed by atoms with Gasteiger partial charge in [0.05, 0.1) is 19.3 Å². The van der Waals surface area contributed by atoms with Crippen LogP contribution in [0, 0.1) is 0 Å². The normalized spacial score (nSPS) is 16.1. The highest BCUT2D eigenvalue weighted by molar-refractivity contribution is 6.25. The van der Waals surface area contributed by atoms with E-state index in [2.05, 4.69) is 4.99 Å². The summed E-state index contributed by atoms with van der Waals surface area (Å²) >= 11 is 0. The first-order valence-corrected chi connectivity index (χ1v) is 9.48. The Balaban J connectivity index is 1.82. The molecule has 0 radical (unpaired) electrons. The summed E-state index contributed by atoms with van der Waals surface area (Å²) < 4.78 is 27.0. The van der Waals surface area contributed by atoms with Crippen molar-refractivity contribution >= 4 is 23.6 Å². The van der Waals surface area contributed by atoms with E-state index in [0.29, 0.717) is 28.4 Å². The van der Waals surface area contributed by atoms with Gasteiger partial charge in [-0.05, 0) is 25.1 Å². The van der Waals surface area contributed by atoms with E-state index in [1.165, 1.54) is 7.11 Å². The number of hydrogen-bond acceptors (Lipinski definition) is 8. The smallest absolute Gasteiger partial charge is 0.497 e. The fourth-order valence-electron chi connectivity index (χ4n) is 3.36. The van der Waals surface area contributed by atoms with Gasteiger partial charge in [-0.25, -0.2) is 14.6 Å². The minimum absolute atomic E-state index is 0.00158. The van der Waals surface area contributed by atoms with Crippen molar-refractivity contribution in [3.05, 3.63) is 59.4 Å². The molecule has 0 aromatic heterocycles. The van der Waals surface area contributed by atoms with E-state index in [-0.39, 0.29) is 18.3 Å². The second kappa shape index (κ2) is 8.39. The van der Waals surface area contributed by atoms with Gasteiger partial charge in [0.25, 0.3) is 0 Å². The van der Waals surface area contributed by atoms with E-state index in [1.54, 1.807) is 25.1 Å². The van der Waals surface area contributed by atoms with Crippen molar-refractivity contribution in [2.45, 2.75) is 13.0 Å².